The summed E-state index contributed by atoms with van der Waals surface area (Å²) in [5.41, 5.74) is 0. The summed E-state index contributed by atoms with van der Waals surface area (Å²) >= 11 is 0. The first-order valence-electron chi connectivity index (χ1n) is 14.6. The smallest absolute Gasteiger partial charge is 0.0540 e. The summed E-state index contributed by atoms with van der Waals surface area (Å²) in [6.07, 6.45) is 31.3. The van der Waals surface area contributed by atoms with E-state index in [2.05, 4.69) is 13.8 Å². The quantitative estimate of drug-likeness (QED) is 0.131. The molecule has 188 valence electrons. The van der Waals surface area contributed by atoms with E-state index in [9.17, 15) is 10.2 Å². The zero-order chi connectivity index (χ0) is 22.8. The van der Waals surface area contributed by atoms with Gasteiger partial charge in [0.25, 0.3) is 0 Å². The molecule has 2 heteroatoms. The molecule has 0 saturated carbocycles. The normalized spacial score (nSPS) is 13.5. The molecule has 0 radical (unpaired) electrons. The SMILES string of the molecule is CCCCCCCCCCCCCCC(O)CCCCC(O)CCCCCCCCC. The van der Waals surface area contributed by atoms with Crippen LogP contribution in [-0.2, 0) is 0 Å². The van der Waals surface area contributed by atoms with Gasteiger partial charge in [0.05, 0.1) is 12.2 Å². The average molecular weight is 441 g/mol. The highest BCUT2D eigenvalue weighted by Gasteiger charge is 2.07. The summed E-state index contributed by atoms with van der Waals surface area (Å²) in [7, 11) is 0. The van der Waals surface area contributed by atoms with Gasteiger partial charge in [-0.1, -0.05) is 149 Å². The van der Waals surface area contributed by atoms with E-state index in [0.717, 1.165) is 38.5 Å². The van der Waals surface area contributed by atoms with Gasteiger partial charge in [-0.15, -0.1) is 0 Å². The van der Waals surface area contributed by atoms with Crippen LogP contribution in [0.4, 0.5) is 0 Å². The Bertz CT molecular complexity index is 318. The summed E-state index contributed by atoms with van der Waals surface area (Å²) < 4.78 is 0. The molecule has 0 aliphatic rings. The van der Waals surface area contributed by atoms with Crippen molar-refractivity contribution in [3.05, 3.63) is 0 Å². The predicted octanol–water partition coefficient (Wildman–Crippen LogP) is 9.50. The van der Waals surface area contributed by atoms with Gasteiger partial charge in [-0.25, -0.2) is 0 Å². The second kappa shape index (κ2) is 26.2. The lowest BCUT2D eigenvalue weighted by Crippen LogP contribution is -2.09. The van der Waals surface area contributed by atoms with Crippen molar-refractivity contribution in [1.29, 1.82) is 0 Å². The van der Waals surface area contributed by atoms with Crippen LogP contribution in [0.5, 0.6) is 0 Å². The van der Waals surface area contributed by atoms with E-state index in [1.165, 1.54) is 122 Å². The second-order valence-corrected chi connectivity index (χ2v) is 10.2. The molecule has 0 heterocycles. The van der Waals surface area contributed by atoms with E-state index in [-0.39, 0.29) is 12.2 Å². The van der Waals surface area contributed by atoms with Crippen molar-refractivity contribution >= 4 is 0 Å². The third-order valence-electron chi connectivity index (χ3n) is 6.86. The van der Waals surface area contributed by atoms with Crippen LogP contribution in [-0.4, -0.2) is 22.4 Å². The summed E-state index contributed by atoms with van der Waals surface area (Å²) in [4.78, 5) is 0. The predicted molar refractivity (Wildman–Crippen MR) is 139 cm³/mol. The zero-order valence-electron chi connectivity index (χ0n) is 21.7. The van der Waals surface area contributed by atoms with Gasteiger partial charge in [-0.2, -0.15) is 0 Å². The molecule has 0 saturated heterocycles. The average Bonchev–Trinajstić information content (AvgIpc) is 2.77. The number of rotatable bonds is 26. The molecule has 0 rings (SSSR count). The van der Waals surface area contributed by atoms with E-state index < -0.39 is 0 Å². The Morgan fingerprint density at radius 3 is 0.774 bits per heavy atom. The van der Waals surface area contributed by atoms with Gasteiger partial charge >= 0.3 is 0 Å². The molecule has 0 aromatic heterocycles. The molecule has 0 aromatic rings. The Hall–Kier alpha value is -0.0800. The fourth-order valence-electron chi connectivity index (χ4n) is 4.61. The molecular formula is C29H60O2. The van der Waals surface area contributed by atoms with E-state index in [4.69, 9.17) is 0 Å². The molecule has 2 unspecified atom stereocenters. The number of aliphatic hydroxyl groups excluding tert-OH is 2. The first-order valence-corrected chi connectivity index (χ1v) is 14.6. The highest BCUT2D eigenvalue weighted by molar-refractivity contribution is 4.61. The van der Waals surface area contributed by atoms with E-state index >= 15 is 0 Å². The third kappa shape index (κ3) is 26.1. The van der Waals surface area contributed by atoms with Crippen LogP contribution >= 0.6 is 0 Å². The summed E-state index contributed by atoms with van der Waals surface area (Å²) in [6.45, 7) is 4.54. The Balaban J connectivity index is 3.26. The Kier molecular flexibility index (Phi) is 26.1. The van der Waals surface area contributed by atoms with Gasteiger partial charge in [-0.05, 0) is 25.7 Å². The van der Waals surface area contributed by atoms with Gasteiger partial charge < -0.3 is 10.2 Å². The molecule has 2 atom stereocenters. The third-order valence-corrected chi connectivity index (χ3v) is 6.86. The standard InChI is InChI=1S/C29H60O2/c1-3-5-7-9-11-12-13-14-15-17-19-21-25-29(31)27-23-22-26-28(30)24-20-18-16-10-8-6-4-2/h28-31H,3-27H2,1-2H3. The topological polar surface area (TPSA) is 40.5 Å². The van der Waals surface area contributed by atoms with Gasteiger partial charge in [0.2, 0.25) is 0 Å². The molecule has 0 aliphatic carbocycles. The molecule has 0 amide bonds. The van der Waals surface area contributed by atoms with E-state index in [1.54, 1.807) is 0 Å². The highest BCUT2D eigenvalue weighted by atomic mass is 16.3. The molecule has 0 bridgehead atoms. The number of hydrogen-bond donors (Lipinski definition) is 2. The molecule has 2 N–H and O–H groups in total. The maximum absolute atomic E-state index is 10.2. The minimum Gasteiger partial charge on any atom is -0.393 e. The first-order chi connectivity index (χ1) is 15.2. The van der Waals surface area contributed by atoms with Crippen LogP contribution in [0, 0.1) is 0 Å². The lowest BCUT2D eigenvalue weighted by Gasteiger charge is -2.12. The first kappa shape index (κ1) is 30.9. The maximum atomic E-state index is 10.2. The van der Waals surface area contributed by atoms with Crippen molar-refractivity contribution in [3.63, 3.8) is 0 Å². The van der Waals surface area contributed by atoms with Crippen molar-refractivity contribution in [2.24, 2.45) is 0 Å². The molecular weight excluding hydrogens is 380 g/mol. The Morgan fingerprint density at radius 2 is 0.516 bits per heavy atom. The van der Waals surface area contributed by atoms with Crippen molar-refractivity contribution in [1.82, 2.24) is 0 Å². The van der Waals surface area contributed by atoms with Crippen LogP contribution in [0.2, 0.25) is 0 Å². The van der Waals surface area contributed by atoms with Crippen LogP contribution in [0.25, 0.3) is 0 Å². The van der Waals surface area contributed by atoms with E-state index in [1.807, 2.05) is 0 Å². The monoisotopic (exact) mass is 440 g/mol. The van der Waals surface area contributed by atoms with Crippen LogP contribution in [0.1, 0.15) is 174 Å². The van der Waals surface area contributed by atoms with Crippen molar-refractivity contribution in [2.45, 2.75) is 187 Å². The zero-order valence-corrected chi connectivity index (χ0v) is 21.7. The maximum Gasteiger partial charge on any atom is 0.0540 e. The minimum absolute atomic E-state index is 0.121. The largest absolute Gasteiger partial charge is 0.393 e. The van der Waals surface area contributed by atoms with Gasteiger partial charge in [0.15, 0.2) is 0 Å². The molecule has 0 aliphatic heterocycles. The van der Waals surface area contributed by atoms with Crippen molar-refractivity contribution < 1.29 is 10.2 Å². The lowest BCUT2D eigenvalue weighted by atomic mass is 10.00. The molecule has 2 nitrogen and oxygen atoms in total. The molecule has 0 aromatic carbocycles. The Labute approximate surface area is 197 Å². The van der Waals surface area contributed by atoms with E-state index in [0.29, 0.717) is 0 Å². The van der Waals surface area contributed by atoms with Gasteiger partial charge in [0, 0.05) is 0 Å². The second-order valence-electron chi connectivity index (χ2n) is 10.2. The minimum atomic E-state index is -0.122. The fourth-order valence-corrected chi connectivity index (χ4v) is 4.61. The summed E-state index contributed by atoms with van der Waals surface area (Å²) in [5.74, 6) is 0. The fraction of sp³-hybridized carbons (Fsp3) is 1.00. The molecule has 31 heavy (non-hydrogen) atoms. The van der Waals surface area contributed by atoms with Gasteiger partial charge in [-0.3, -0.25) is 0 Å². The number of unbranched alkanes of at least 4 members (excludes halogenated alkanes) is 18. The van der Waals surface area contributed by atoms with Crippen molar-refractivity contribution in [3.8, 4) is 0 Å². The van der Waals surface area contributed by atoms with Crippen LogP contribution < -0.4 is 0 Å². The van der Waals surface area contributed by atoms with Crippen LogP contribution in [0.15, 0.2) is 0 Å². The molecule has 0 spiro atoms. The molecule has 0 fully saturated rings. The summed E-state index contributed by atoms with van der Waals surface area (Å²) in [5, 5.41) is 20.3. The highest BCUT2D eigenvalue weighted by Crippen LogP contribution is 2.16. The number of hydrogen-bond acceptors (Lipinski definition) is 2. The number of aliphatic hydroxyl groups is 2. The van der Waals surface area contributed by atoms with Crippen molar-refractivity contribution in [2.75, 3.05) is 0 Å². The summed E-state index contributed by atoms with van der Waals surface area (Å²) in [6, 6.07) is 0. The Morgan fingerprint density at radius 1 is 0.323 bits per heavy atom. The van der Waals surface area contributed by atoms with Crippen LogP contribution in [0.3, 0.4) is 0 Å². The van der Waals surface area contributed by atoms with Gasteiger partial charge in [0.1, 0.15) is 0 Å². The lowest BCUT2D eigenvalue weighted by molar-refractivity contribution is 0.131.